The average Bonchev–Trinajstić information content (AvgIpc) is 2.85. The summed E-state index contributed by atoms with van der Waals surface area (Å²) in [5.74, 6) is 1.66. The zero-order valence-electron chi connectivity index (χ0n) is 11.7. The van der Waals surface area contributed by atoms with Crippen molar-refractivity contribution in [1.29, 1.82) is 0 Å². The molecule has 1 aromatic rings. The third kappa shape index (κ3) is 2.90. The molecule has 0 aromatic carbocycles. The van der Waals surface area contributed by atoms with Crippen LogP contribution in [0.15, 0.2) is 4.52 Å². The zero-order valence-corrected chi connectivity index (χ0v) is 11.7. The second-order valence-electron chi connectivity index (χ2n) is 5.99. The van der Waals surface area contributed by atoms with Crippen molar-refractivity contribution < 1.29 is 9.63 Å². The normalized spacial score (nSPS) is 22.0. The van der Waals surface area contributed by atoms with Crippen molar-refractivity contribution in [2.75, 3.05) is 6.54 Å². The smallest absolute Gasteiger partial charge is 0.229 e. The van der Waals surface area contributed by atoms with Gasteiger partial charge in [0.1, 0.15) is 0 Å². The molecule has 1 aliphatic heterocycles. The minimum Gasteiger partial charge on any atom is -0.389 e. The number of hydrogen-bond acceptors (Lipinski definition) is 5. The van der Waals surface area contributed by atoms with Crippen molar-refractivity contribution in [3.05, 3.63) is 11.7 Å². The molecule has 1 unspecified atom stereocenters. The number of likely N-dealkylation sites (tertiary alicyclic amines) is 1. The highest BCUT2D eigenvalue weighted by atomic mass is 16.5. The Balaban J connectivity index is 2.04. The van der Waals surface area contributed by atoms with Gasteiger partial charge in [0.05, 0.1) is 12.1 Å². The molecule has 0 amide bonds. The summed E-state index contributed by atoms with van der Waals surface area (Å²) in [4.78, 5) is 6.63. The fourth-order valence-electron chi connectivity index (χ4n) is 2.56. The lowest BCUT2D eigenvalue weighted by molar-refractivity contribution is -0.00592. The van der Waals surface area contributed by atoms with E-state index in [0.29, 0.717) is 12.4 Å². The number of nitrogens with zero attached hydrogens (tertiary/aromatic N) is 3. The third-order valence-corrected chi connectivity index (χ3v) is 3.50. The summed E-state index contributed by atoms with van der Waals surface area (Å²) in [5.41, 5.74) is -0.679. The minimum absolute atomic E-state index is 0.179. The monoisotopic (exact) mass is 253 g/mol. The number of hydrogen-bond donors (Lipinski definition) is 1. The van der Waals surface area contributed by atoms with Gasteiger partial charge in [0, 0.05) is 12.0 Å². The molecule has 0 spiro atoms. The van der Waals surface area contributed by atoms with E-state index in [4.69, 9.17) is 4.52 Å². The van der Waals surface area contributed by atoms with Crippen molar-refractivity contribution in [2.24, 2.45) is 0 Å². The molecule has 1 fully saturated rings. The second kappa shape index (κ2) is 4.97. The molecule has 102 valence electrons. The molecule has 18 heavy (non-hydrogen) atoms. The molecule has 1 atom stereocenters. The summed E-state index contributed by atoms with van der Waals surface area (Å²) in [6.45, 7) is 9.45. The highest BCUT2D eigenvalue weighted by Crippen LogP contribution is 2.27. The summed E-state index contributed by atoms with van der Waals surface area (Å²) >= 11 is 0. The van der Waals surface area contributed by atoms with Crippen LogP contribution in [0.1, 0.15) is 58.2 Å². The van der Waals surface area contributed by atoms with Crippen LogP contribution in [0, 0.1) is 0 Å². The third-order valence-electron chi connectivity index (χ3n) is 3.50. The predicted molar refractivity (Wildman–Crippen MR) is 68.1 cm³/mol. The fraction of sp³-hybridized carbons (Fsp3) is 0.846. The van der Waals surface area contributed by atoms with Crippen LogP contribution >= 0.6 is 0 Å². The Labute approximate surface area is 108 Å². The first-order chi connectivity index (χ1) is 8.38. The lowest BCUT2D eigenvalue weighted by Gasteiger charge is -2.33. The van der Waals surface area contributed by atoms with Crippen molar-refractivity contribution in [1.82, 2.24) is 15.0 Å². The molecule has 1 aromatic heterocycles. The van der Waals surface area contributed by atoms with Gasteiger partial charge >= 0.3 is 0 Å². The Morgan fingerprint density at radius 2 is 2.22 bits per heavy atom. The molecule has 1 N–H and O–H groups in total. The van der Waals surface area contributed by atoms with Crippen LogP contribution in [0.3, 0.4) is 0 Å². The number of aromatic nitrogens is 2. The van der Waals surface area contributed by atoms with Crippen LogP contribution in [0.25, 0.3) is 0 Å². The first-order valence-electron chi connectivity index (χ1n) is 6.67. The summed E-state index contributed by atoms with van der Waals surface area (Å²) in [5, 5.41) is 14.2. The zero-order chi connectivity index (χ0) is 13.3. The maximum Gasteiger partial charge on any atom is 0.229 e. The van der Waals surface area contributed by atoms with Gasteiger partial charge in [-0.1, -0.05) is 19.0 Å². The van der Waals surface area contributed by atoms with E-state index < -0.39 is 5.60 Å². The Morgan fingerprint density at radius 3 is 2.78 bits per heavy atom. The quantitative estimate of drug-likeness (QED) is 0.888. The van der Waals surface area contributed by atoms with Gasteiger partial charge < -0.3 is 9.63 Å². The fourth-order valence-corrected chi connectivity index (χ4v) is 2.56. The highest BCUT2D eigenvalue weighted by Gasteiger charge is 2.36. The first-order valence-corrected chi connectivity index (χ1v) is 6.67. The standard InChI is InChI=1S/C13H23N3O2/c1-9(2)12-14-11(15-18-12)8-16-7-5-6-10(16)13(3,4)17/h9-10,17H,5-8H2,1-4H3. The molecule has 0 aliphatic carbocycles. The lowest BCUT2D eigenvalue weighted by Crippen LogP contribution is -2.45. The summed E-state index contributed by atoms with van der Waals surface area (Å²) in [6.07, 6.45) is 2.14. The molecule has 2 rings (SSSR count). The molecule has 1 aliphatic rings. The largest absolute Gasteiger partial charge is 0.389 e. The van der Waals surface area contributed by atoms with Gasteiger partial charge in [0.15, 0.2) is 5.82 Å². The van der Waals surface area contributed by atoms with Crippen molar-refractivity contribution in [2.45, 2.75) is 64.6 Å². The van der Waals surface area contributed by atoms with Gasteiger partial charge in [-0.3, -0.25) is 4.90 Å². The van der Waals surface area contributed by atoms with E-state index in [-0.39, 0.29) is 12.0 Å². The van der Waals surface area contributed by atoms with Crippen molar-refractivity contribution in [3.63, 3.8) is 0 Å². The van der Waals surface area contributed by atoms with Gasteiger partial charge in [0.25, 0.3) is 0 Å². The maximum absolute atomic E-state index is 10.2. The summed E-state index contributed by atoms with van der Waals surface area (Å²) in [7, 11) is 0. The van der Waals surface area contributed by atoms with Crippen LogP contribution in [-0.4, -0.2) is 38.3 Å². The van der Waals surface area contributed by atoms with Gasteiger partial charge in [0.2, 0.25) is 5.89 Å². The van der Waals surface area contributed by atoms with E-state index in [1.54, 1.807) is 0 Å². The Kier molecular flexibility index (Phi) is 3.73. The van der Waals surface area contributed by atoms with Crippen molar-refractivity contribution in [3.8, 4) is 0 Å². The van der Waals surface area contributed by atoms with Crippen molar-refractivity contribution >= 4 is 0 Å². The lowest BCUT2D eigenvalue weighted by atomic mass is 9.97. The van der Waals surface area contributed by atoms with E-state index in [9.17, 15) is 5.11 Å². The van der Waals surface area contributed by atoms with Crippen LogP contribution < -0.4 is 0 Å². The molecular formula is C13H23N3O2. The Hall–Kier alpha value is -0.940. The molecular weight excluding hydrogens is 230 g/mol. The minimum atomic E-state index is -0.679. The Morgan fingerprint density at radius 1 is 1.50 bits per heavy atom. The van der Waals surface area contributed by atoms with Crippen LogP contribution in [-0.2, 0) is 6.54 Å². The molecule has 0 bridgehead atoms. The van der Waals surface area contributed by atoms with Crippen LogP contribution in [0.2, 0.25) is 0 Å². The molecule has 1 saturated heterocycles. The van der Waals surface area contributed by atoms with Gasteiger partial charge in [-0.05, 0) is 33.2 Å². The van der Waals surface area contributed by atoms with Crippen LogP contribution in [0.4, 0.5) is 0 Å². The van der Waals surface area contributed by atoms with Gasteiger partial charge in [-0.15, -0.1) is 0 Å². The molecule has 2 heterocycles. The van der Waals surface area contributed by atoms with Gasteiger partial charge in [-0.25, -0.2) is 0 Å². The van der Waals surface area contributed by atoms with E-state index in [1.807, 2.05) is 27.7 Å². The van der Waals surface area contributed by atoms with E-state index >= 15 is 0 Å². The van der Waals surface area contributed by atoms with Crippen LogP contribution in [0.5, 0.6) is 0 Å². The molecule has 5 heteroatoms. The topological polar surface area (TPSA) is 62.4 Å². The maximum atomic E-state index is 10.2. The second-order valence-corrected chi connectivity index (χ2v) is 5.99. The SMILES string of the molecule is CC(C)c1nc(CN2CCCC2C(C)(C)O)no1. The number of aliphatic hydroxyl groups is 1. The predicted octanol–water partition coefficient (Wildman–Crippen LogP) is 1.93. The Bertz CT molecular complexity index is 395. The summed E-state index contributed by atoms with van der Waals surface area (Å²) in [6, 6.07) is 0.179. The highest BCUT2D eigenvalue weighted by molar-refractivity contribution is 4.96. The molecule has 0 saturated carbocycles. The van der Waals surface area contributed by atoms with E-state index in [2.05, 4.69) is 15.0 Å². The van der Waals surface area contributed by atoms with Gasteiger partial charge in [-0.2, -0.15) is 4.98 Å². The first kappa shape index (κ1) is 13.5. The van der Waals surface area contributed by atoms with E-state index in [0.717, 1.165) is 25.2 Å². The average molecular weight is 253 g/mol. The number of rotatable bonds is 4. The molecule has 0 radical (unpaired) electrons. The van der Waals surface area contributed by atoms with E-state index in [1.165, 1.54) is 0 Å². The molecule has 5 nitrogen and oxygen atoms in total. The summed E-state index contributed by atoms with van der Waals surface area (Å²) < 4.78 is 5.21.